The molecule has 0 radical (unpaired) electrons. The van der Waals surface area contributed by atoms with Crippen LogP contribution in [-0.4, -0.2) is 35.0 Å². The van der Waals surface area contributed by atoms with Crippen molar-refractivity contribution in [1.82, 2.24) is 4.90 Å². The van der Waals surface area contributed by atoms with Gasteiger partial charge in [0.1, 0.15) is 0 Å². The Bertz CT molecular complexity index is 409. The SMILES string of the molecule is CCCCN(CCCC)C1/C(=N/O)C2CC1C1CC=CC21. The minimum Gasteiger partial charge on any atom is -0.411 e. The lowest BCUT2D eigenvalue weighted by molar-refractivity contribution is 0.151. The third-order valence-electron chi connectivity index (χ3n) is 6.00. The van der Waals surface area contributed by atoms with Crippen LogP contribution < -0.4 is 0 Å². The fraction of sp³-hybridized carbons (Fsp3) is 0.833. The molecule has 0 aliphatic heterocycles. The van der Waals surface area contributed by atoms with Crippen LogP contribution in [0.25, 0.3) is 0 Å². The zero-order valence-corrected chi connectivity index (χ0v) is 13.5. The van der Waals surface area contributed by atoms with Crippen molar-refractivity contribution in [2.24, 2.45) is 28.8 Å². The van der Waals surface area contributed by atoms with Gasteiger partial charge in [-0.05, 0) is 56.5 Å². The summed E-state index contributed by atoms with van der Waals surface area (Å²) in [5.41, 5.74) is 1.10. The van der Waals surface area contributed by atoms with Gasteiger partial charge in [-0.3, -0.25) is 4.90 Å². The first-order chi connectivity index (χ1) is 10.3. The molecule has 2 bridgehead atoms. The van der Waals surface area contributed by atoms with Crippen LogP contribution in [0, 0.1) is 23.7 Å². The Kier molecular flexibility index (Phi) is 4.68. The van der Waals surface area contributed by atoms with Crippen LogP contribution >= 0.6 is 0 Å². The molecule has 1 N–H and O–H groups in total. The molecule has 0 saturated heterocycles. The first kappa shape index (κ1) is 15.1. The number of rotatable bonds is 7. The summed E-state index contributed by atoms with van der Waals surface area (Å²) in [5, 5.41) is 13.4. The van der Waals surface area contributed by atoms with E-state index in [2.05, 4.69) is 36.1 Å². The molecule has 0 aromatic heterocycles. The lowest BCUT2D eigenvalue weighted by Gasteiger charge is -2.39. The summed E-state index contributed by atoms with van der Waals surface area (Å²) in [5.74, 6) is 2.71. The number of oxime groups is 1. The van der Waals surface area contributed by atoms with E-state index in [4.69, 9.17) is 0 Å². The summed E-state index contributed by atoms with van der Waals surface area (Å²) in [6.07, 6.45) is 12.2. The van der Waals surface area contributed by atoms with Gasteiger partial charge in [0.15, 0.2) is 0 Å². The average Bonchev–Trinajstić information content (AvgIpc) is 3.18. The molecule has 3 rings (SSSR count). The van der Waals surface area contributed by atoms with Crippen molar-refractivity contribution < 1.29 is 5.21 Å². The minimum absolute atomic E-state index is 0.416. The summed E-state index contributed by atoms with van der Waals surface area (Å²) in [4.78, 5) is 2.64. The highest BCUT2D eigenvalue weighted by molar-refractivity contribution is 5.95. The van der Waals surface area contributed by atoms with Crippen molar-refractivity contribution >= 4 is 5.71 Å². The quantitative estimate of drug-likeness (QED) is 0.438. The van der Waals surface area contributed by atoms with Crippen LogP contribution in [-0.2, 0) is 0 Å². The second-order valence-corrected chi connectivity index (χ2v) is 7.12. The number of fused-ring (bicyclic) bond motifs is 5. The van der Waals surface area contributed by atoms with Gasteiger partial charge in [0.05, 0.1) is 11.8 Å². The summed E-state index contributed by atoms with van der Waals surface area (Å²) < 4.78 is 0. The van der Waals surface area contributed by atoms with Crippen molar-refractivity contribution in [3.05, 3.63) is 12.2 Å². The summed E-state index contributed by atoms with van der Waals surface area (Å²) in [7, 11) is 0. The second-order valence-electron chi connectivity index (χ2n) is 7.12. The molecule has 2 saturated carbocycles. The lowest BCUT2D eigenvalue weighted by atomic mass is 9.77. The number of nitrogens with zero attached hydrogens (tertiary/aromatic N) is 2. The van der Waals surface area contributed by atoms with Gasteiger partial charge < -0.3 is 5.21 Å². The zero-order valence-electron chi connectivity index (χ0n) is 13.5. The second kappa shape index (κ2) is 6.51. The van der Waals surface area contributed by atoms with Crippen molar-refractivity contribution in [2.45, 2.75) is 58.4 Å². The molecule has 0 spiro atoms. The maximum atomic E-state index is 9.62. The fourth-order valence-electron chi connectivity index (χ4n) is 5.03. The van der Waals surface area contributed by atoms with Gasteiger partial charge in [-0.15, -0.1) is 0 Å². The lowest BCUT2D eigenvalue weighted by Crippen LogP contribution is -2.49. The smallest absolute Gasteiger partial charge is 0.0781 e. The van der Waals surface area contributed by atoms with Crippen LogP contribution in [0.3, 0.4) is 0 Å². The normalized spacial score (nSPS) is 38.8. The van der Waals surface area contributed by atoms with Crippen LogP contribution in [0.15, 0.2) is 17.3 Å². The van der Waals surface area contributed by atoms with E-state index in [-0.39, 0.29) is 0 Å². The largest absolute Gasteiger partial charge is 0.411 e. The van der Waals surface area contributed by atoms with Gasteiger partial charge in [0.25, 0.3) is 0 Å². The van der Waals surface area contributed by atoms with E-state index in [9.17, 15) is 5.21 Å². The van der Waals surface area contributed by atoms with E-state index >= 15 is 0 Å². The molecular formula is C18H30N2O. The van der Waals surface area contributed by atoms with Crippen LogP contribution in [0.4, 0.5) is 0 Å². The molecule has 21 heavy (non-hydrogen) atoms. The molecule has 3 aliphatic rings. The molecule has 5 unspecified atom stereocenters. The number of unbranched alkanes of at least 4 members (excludes halogenated alkanes) is 2. The maximum absolute atomic E-state index is 9.62. The molecule has 0 heterocycles. The molecule has 3 nitrogen and oxygen atoms in total. The highest BCUT2D eigenvalue weighted by Gasteiger charge is 2.57. The molecular weight excluding hydrogens is 260 g/mol. The molecule has 3 aliphatic carbocycles. The van der Waals surface area contributed by atoms with Crippen LogP contribution in [0.5, 0.6) is 0 Å². The molecule has 3 heteroatoms. The molecule has 0 aromatic carbocycles. The first-order valence-corrected chi connectivity index (χ1v) is 8.94. The Morgan fingerprint density at radius 3 is 2.52 bits per heavy atom. The summed E-state index contributed by atoms with van der Waals surface area (Å²) in [6, 6.07) is 0.416. The number of hydrogen-bond acceptors (Lipinski definition) is 3. The van der Waals surface area contributed by atoms with Gasteiger partial charge in [-0.1, -0.05) is 44.0 Å². The van der Waals surface area contributed by atoms with Gasteiger partial charge in [-0.25, -0.2) is 0 Å². The average molecular weight is 290 g/mol. The van der Waals surface area contributed by atoms with E-state index < -0.39 is 0 Å². The Morgan fingerprint density at radius 2 is 1.90 bits per heavy atom. The van der Waals surface area contributed by atoms with Gasteiger partial charge in [-0.2, -0.15) is 0 Å². The Morgan fingerprint density at radius 1 is 1.19 bits per heavy atom. The fourth-order valence-corrected chi connectivity index (χ4v) is 5.03. The van der Waals surface area contributed by atoms with Crippen molar-refractivity contribution in [1.29, 1.82) is 0 Å². The van der Waals surface area contributed by atoms with E-state index in [1.807, 2.05) is 0 Å². The number of allylic oxidation sites excluding steroid dienone is 2. The summed E-state index contributed by atoms with van der Waals surface area (Å²) in [6.45, 7) is 6.84. The predicted molar refractivity (Wildman–Crippen MR) is 86.7 cm³/mol. The van der Waals surface area contributed by atoms with Gasteiger partial charge >= 0.3 is 0 Å². The topological polar surface area (TPSA) is 35.8 Å². The van der Waals surface area contributed by atoms with E-state index in [1.54, 1.807) is 0 Å². The maximum Gasteiger partial charge on any atom is 0.0781 e. The van der Waals surface area contributed by atoms with Crippen molar-refractivity contribution in [3.63, 3.8) is 0 Å². The Balaban J connectivity index is 1.78. The molecule has 5 atom stereocenters. The van der Waals surface area contributed by atoms with Gasteiger partial charge in [0.2, 0.25) is 0 Å². The Hall–Kier alpha value is -0.830. The number of hydrogen-bond donors (Lipinski definition) is 1. The van der Waals surface area contributed by atoms with Crippen LogP contribution in [0.2, 0.25) is 0 Å². The third-order valence-corrected chi connectivity index (χ3v) is 6.00. The zero-order chi connectivity index (χ0) is 14.8. The molecule has 0 aromatic rings. The van der Waals surface area contributed by atoms with E-state index in [1.165, 1.54) is 38.5 Å². The monoisotopic (exact) mass is 290 g/mol. The third kappa shape index (κ3) is 2.54. The van der Waals surface area contributed by atoms with Crippen LogP contribution in [0.1, 0.15) is 52.4 Å². The predicted octanol–water partition coefficient (Wildman–Crippen LogP) is 3.93. The molecule has 2 fully saturated rings. The Labute approximate surface area is 129 Å². The van der Waals surface area contributed by atoms with Crippen molar-refractivity contribution in [3.8, 4) is 0 Å². The molecule has 0 amide bonds. The first-order valence-electron chi connectivity index (χ1n) is 8.94. The standard InChI is InChI=1S/C18H30N2O/c1-3-5-10-20(11-6-4-2)18-16-12-15(17(18)19-21)13-8-7-9-14(13)16/h7-8,13-16,18,21H,3-6,9-12H2,1-2H3/b19-17+. The molecule has 118 valence electrons. The van der Waals surface area contributed by atoms with E-state index in [0.717, 1.165) is 30.6 Å². The minimum atomic E-state index is 0.416. The van der Waals surface area contributed by atoms with Gasteiger partial charge in [0, 0.05) is 5.92 Å². The highest BCUT2D eigenvalue weighted by atomic mass is 16.4. The highest BCUT2D eigenvalue weighted by Crippen LogP contribution is 2.56. The van der Waals surface area contributed by atoms with E-state index in [0.29, 0.717) is 17.9 Å². The summed E-state index contributed by atoms with van der Waals surface area (Å²) >= 11 is 0. The van der Waals surface area contributed by atoms with Crippen molar-refractivity contribution in [2.75, 3.05) is 13.1 Å².